The van der Waals surface area contributed by atoms with E-state index in [1.807, 2.05) is 0 Å². The molecule has 0 aliphatic carbocycles. The molecule has 0 atom stereocenters. The normalized spacial score (nSPS) is 14.1. The molecule has 0 bridgehead atoms. The van der Waals surface area contributed by atoms with Crippen molar-refractivity contribution >= 4 is 151 Å². The molecule has 0 spiro atoms. The largest absolute Gasteiger partial charge is 0.0610 e. The van der Waals surface area contributed by atoms with E-state index in [9.17, 15) is 0 Å². The van der Waals surface area contributed by atoms with Crippen molar-refractivity contribution in [1.82, 2.24) is 0 Å². The molecule has 15 aromatic carbocycles. The van der Waals surface area contributed by atoms with Gasteiger partial charge in [0.15, 0.2) is 0 Å². The van der Waals surface area contributed by atoms with Gasteiger partial charge in [0.25, 0.3) is 0 Å². The number of benzene rings is 15. The van der Waals surface area contributed by atoms with Crippen LogP contribution in [0.2, 0.25) is 0 Å². The highest BCUT2D eigenvalue weighted by molar-refractivity contribution is 6.63. The summed E-state index contributed by atoms with van der Waals surface area (Å²) in [4.78, 5) is 0. The van der Waals surface area contributed by atoms with Crippen LogP contribution in [0, 0.1) is 0 Å². The number of hydrogen-bond donors (Lipinski definition) is 0. The Morgan fingerprint density at radius 3 is 0.652 bits per heavy atom. The highest BCUT2D eigenvalue weighted by Crippen LogP contribution is 2.61. The van der Waals surface area contributed by atoms with E-state index in [2.05, 4.69) is 109 Å². The van der Waals surface area contributed by atoms with Crippen molar-refractivity contribution in [3.8, 4) is 0 Å². The molecule has 0 heterocycles. The fraction of sp³-hybridized carbons (Fsp3) is 0. The van der Waals surface area contributed by atoms with Gasteiger partial charge in [0, 0.05) is 0 Å². The first-order valence-corrected chi connectivity index (χ1v) is 16.5. The molecule has 0 heteroatoms. The summed E-state index contributed by atoms with van der Waals surface area (Å²) in [5.74, 6) is 0. The van der Waals surface area contributed by atoms with Crippen molar-refractivity contribution in [2.75, 3.05) is 0 Å². The molecule has 0 aliphatic heterocycles. The Hall–Kier alpha value is -5.98. The van der Waals surface area contributed by atoms with Gasteiger partial charge in [0.2, 0.25) is 0 Å². The predicted molar refractivity (Wildman–Crippen MR) is 201 cm³/mol. The zero-order chi connectivity index (χ0) is 28.9. The van der Waals surface area contributed by atoms with Gasteiger partial charge in [-0.25, -0.2) is 0 Å². The van der Waals surface area contributed by atoms with Crippen LogP contribution in [0.3, 0.4) is 0 Å². The summed E-state index contributed by atoms with van der Waals surface area (Å²) in [5.41, 5.74) is 0. The predicted octanol–water partition coefficient (Wildman–Crippen LogP) is 13.3. The van der Waals surface area contributed by atoms with E-state index in [0.29, 0.717) is 0 Å². The molecule has 0 aromatic heterocycles. The van der Waals surface area contributed by atoms with Crippen LogP contribution in [0.5, 0.6) is 0 Å². The molecular formula is C46H18. The lowest BCUT2D eigenvalue weighted by molar-refractivity contribution is 1.82. The third-order valence-corrected chi connectivity index (χ3v) is 12.6. The van der Waals surface area contributed by atoms with Crippen LogP contribution >= 0.6 is 0 Å². The van der Waals surface area contributed by atoms with Gasteiger partial charge >= 0.3 is 0 Å². The second-order valence-corrected chi connectivity index (χ2v) is 14.2. The second kappa shape index (κ2) is 6.12. The third-order valence-electron chi connectivity index (χ3n) is 12.6. The van der Waals surface area contributed by atoms with Crippen LogP contribution in [0.15, 0.2) is 109 Å². The van der Waals surface area contributed by atoms with Crippen molar-refractivity contribution in [2.24, 2.45) is 0 Å². The van der Waals surface area contributed by atoms with E-state index in [-0.39, 0.29) is 0 Å². The van der Waals surface area contributed by atoms with E-state index < -0.39 is 0 Å². The van der Waals surface area contributed by atoms with Gasteiger partial charge in [-0.3, -0.25) is 0 Å². The molecule has 0 N–H and O–H groups in total. The van der Waals surface area contributed by atoms with Gasteiger partial charge in [-0.2, -0.15) is 0 Å². The molecule has 15 rings (SSSR count). The first kappa shape index (κ1) is 20.9. The molecule has 46 heavy (non-hydrogen) atoms. The standard InChI is InChI=1S/C46H18/c1-3-23-27-15-11-19-7-9-21-13-17-29-25-5-2-6-26-30-18-14-22-10-8-20-12-16-28-24(4-1)35(23)41-43-37(27)31(19)33(21)39(29)45(43)42(36(25)26)46-40(30)34(22)32(20)38(28)44(41)46/h1-18H. The Kier molecular flexibility index (Phi) is 2.78. The lowest BCUT2D eigenvalue weighted by atomic mass is 9.72. The Labute approximate surface area is 259 Å². The lowest BCUT2D eigenvalue weighted by Crippen LogP contribution is -2.01. The van der Waals surface area contributed by atoms with Gasteiger partial charge in [-0.15, -0.1) is 0 Å². The SMILES string of the molecule is c1cc2c3ccc4ccc5ccc6c7cccc8c9ccc%10ccc%11ccc%12c(c1)c2c1c2c3c4c5c6c2c(c78)c2c9c%10c%11c%12c12. The van der Waals surface area contributed by atoms with E-state index >= 15 is 0 Å². The maximum atomic E-state index is 2.42. The minimum atomic E-state index is 1.35. The lowest BCUT2D eigenvalue weighted by Gasteiger charge is -2.30. The van der Waals surface area contributed by atoms with E-state index in [1.54, 1.807) is 0 Å². The summed E-state index contributed by atoms with van der Waals surface area (Å²) >= 11 is 0. The minimum absolute atomic E-state index is 1.35. The van der Waals surface area contributed by atoms with Crippen LogP contribution < -0.4 is 0 Å². The van der Waals surface area contributed by atoms with Crippen LogP contribution in [0.4, 0.5) is 0 Å². The molecule has 202 valence electrons. The van der Waals surface area contributed by atoms with E-state index in [0.717, 1.165) is 0 Å². The third kappa shape index (κ3) is 1.76. The highest BCUT2D eigenvalue weighted by atomic mass is 14.3. The maximum Gasteiger partial charge on any atom is -0.0000249 e. The highest BCUT2D eigenvalue weighted by Gasteiger charge is 2.32. The number of hydrogen-bond acceptors (Lipinski definition) is 0. The molecule has 0 aliphatic rings. The van der Waals surface area contributed by atoms with E-state index in [4.69, 9.17) is 0 Å². The fourth-order valence-electron chi connectivity index (χ4n) is 11.2. The Bertz CT molecular complexity index is 3300. The minimum Gasteiger partial charge on any atom is -0.0610 e. The molecule has 0 amide bonds. The number of fused-ring (bicyclic) bond motifs is 4. The van der Waals surface area contributed by atoms with Crippen molar-refractivity contribution in [3.63, 3.8) is 0 Å². The van der Waals surface area contributed by atoms with Crippen molar-refractivity contribution in [3.05, 3.63) is 109 Å². The zero-order valence-electron chi connectivity index (χ0n) is 24.4. The van der Waals surface area contributed by atoms with Crippen molar-refractivity contribution in [2.45, 2.75) is 0 Å². The first-order valence-electron chi connectivity index (χ1n) is 16.5. The fourth-order valence-corrected chi connectivity index (χ4v) is 11.2. The van der Waals surface area contributed by atoms with Crippen LogP contribution in [-0.2, 0) is 0 Å². The summed E-state index contributed by atoms with van der Waals surface area (Å²) in [6, 6.07) is 42.8. The molecule has 0 saturated heterocycles. The Balaban J connectivity index is 1.54. The average Bonchev–Trinajstić information content (AvgIpc) is 3.12. The molecular weight excluding hydrogens is 553 g/mol. The summed E-state index contributed by atoms with van der Waals surface area (Å²) in [6.07, 6.45) is 0. The summed E-state index contributed by atoms with van der Waals surface area (Å²) in [6.45, 7) is 0. The van der Waals surface area contributed by atoms with Crippen LogP contribution in [-0.4, -0.2) is 0 Å². The molecule has 0 nitrogen and oxygen atoms in total. The first-order chi connectivity index (χ1) is 22.9. The monoisotopic (exact) mass is 570 g/mol. The summed E-state index contributed by atoms with van der Waals surface area (Å²) in [7, 11) is 0. The zero-order valence-corrected chi connectivity index (χ0v) is 24.4. The van der Waals surface area contributed by atoms with Crippen molar-refractivity contribution in [1.29, 1.82) is 0 Å². The molecule has 0 unspecified atom stereocenters. The Morgan fingerprint density at radius 1 is 0.152 bits per heavy atom. The average molecular weight is 571 g/mol. The smallest absolute Gasteiger partial charge is 0.0000249 e. The van der Waals surface area contributed by atoms with Crippen LogP contribution in [0.25, 0.3) is 151 Å². The maximum absolute atomic E-state index is 2.42. The van der Waals surface area contributed by atoms with E-state index in [1.165, 1.54) is 151 Å². The van der Waals surface area contributed by atoms with Gasteiger partial charge < -0.3 is 0 Å². The second-order valence-electron chi connectivity index (χ2n) is 14.2. The molecule has 15 aromatic rings. The topological polar surface area (TPSA) is 0 Å². The van der Waals surface area contributed by atoms with Crippen molar-refractivity contribution < 1.29 is 0 Å². The van der Waals surface area contributed by atoms with Gasteiger partial charge in [-0.1, -0.05) is 109 Å². The van der Waals surface area contributed by atoms with Gasteiger partial charge in [-0.05, 0) is 151 Å². The Morgan fingerprint density at radius 2 is 0.370 bits per heavy atom. The quantitative estimate of drug-likeness (QED) is 0.126. The molecule has 0 radical (unpaired) electrons. The summed E-state index contributed by atoms with van der Waals surface area (Å²) < 4.78 is 0. The summed E-state index contributed by atoms with van der Waals surface area (Å²) in [5, 5.41) is 39.9. The molecule has 0 fully saturated rings. The van der Waals surface area contributed by atoms with Crippen LogP contribution in [0.1, 0.15) is 0 Å². The molecule has 0 saturated carbocycles. The van der Waals surface area contributed by atoms with Gasteiger partial charge in [0.1, 0.15) is 0 Å². The van der Waals surface area contributed by atoms with Gasteiger partial charge in [0.05, 0.1) is 0 Å². The number of rotatable bonds is 0.